The zero-order chi connectivity index (χ0) is 21.6. The monoisotopic (exact) mass is 433 g/mol. The Morgan fingerprint density at radius 1 is 0.935 bits per heavy atom. The first-order valence-corrected chi connectivity index (χ1v) is 9.82. The Morgan fingerprint density at radius 3 is 2.32 bits per heavy atom. The van der Waals surface area contributed by atoms with Crippen LogP contribution in [-0.4, -0.2) is 19.8 Å². The molecule has 156 valence electrons. The third-order valence-electron chi connectivity index (χ3n) is 4.50. The van der Waals surface area contributed by atoms with E-state index in [1.54, 1.807) is 16.8 Å². The van der Waals surface area contributed by atoms with Crippen molar-refractivity contribution in [2.45, 2.75) is 6.67 Å². The van der Waals surface area contributed by atoms with Crippen LogP contribution in [0.4, 0.5) is 22.7 Å². The maximum Gasteiger partial charge on any atom is 0.280 e. The van der Waals surface area contributed by atoms with Crippen molar-refractivity contribution in [1.29, 1.82) is 0 Å². The van der Waals surface area contributed by atoms with Gasteiger partial charge in [-0.05, 0) is 54.7 Å². The summed E-state index contributed by atoms with van der Waals surface area (Å²) in [5.41, 5.74) is 9.48. The van der Waals surface area contributed by atoms with Crippen LogP contribution in [-0.2, 0) is 6.67 Å². The Kier molecular flexibility index (Phi) is 6.01. The van der Waals surface area contributed by atoms with Crippen molar-refractivity contribution in [3.8, 4) is 0 Å². The topological polar surface area (TPSA) is 109 Å². The van der Waals surface area contributed by atoms with E-state index in [2.05, 4.69) is 26.6 Å². The summed E-state index contributed by atoms with van der Waals surface area (Å²) in [6, 6.07) is 22.2. The van der Waals surface area contributed by atoms with Gasteiger partial charge in [0.15, 0.2) is 5.11 Å². The first-order chi connectivity index (χ1) is 15.1. The second-order valence-corrected chi connectivity index (χ2v) is 7.00. The first kappa shape index (κ1) is 20.3. The highest BCUT2D eigenvalue weighted by molar-refractivity contribution is 7.80. The second kappa shape index (κ2) is 9.20. The number of para-hydroxylation sites is 1. The SMILES string of the molecule is O=[N+]([O-])c1cccc2c1cnn2CNNc1ccc(NC(=S)Nc2ccccc2)cc1. The van der Waals surface area contributed by atoms with E-state index in [-0.39, 0.29) is 5.69 Å². The van der Waals surface area contributed by atoms with E-state index in [0.29, 0.717) is 22.7 Å². The Bertz CT molecular complexity index is 1210. The lowest BCUT2D eigenvalue weighted by atomic mass is 10.2. The van der Waals surface area contributed by atoms with Gasteiger partial charge in [-0.3, -0.25) is 10.1 Å². The van der Waals surface area contributed by atoms with Crippen LogP contribution in [0.25, 0.3) is 10.9 Å². The molecule has 31 heavy (non-hydrogen) atoms. The van der Waals surface area contributed by atoms with Crippen LogP contribution in [0.2, 0.25) is 0 Å². The maximum absolute atomic E-state index is 11.1. The highest BCUT2D eigenvalue weighted by Gasteiger charge is 2.14. The molecule has 0 fully saturated rings. The standard InChI is InChI=1S/C21H19N7O2S/c29-28(30)20-8-4-7-19-18(20)13-23-27(19)14-22-26-17-11-9-16(10-12-17)25-21(31)24-15-5-2-1-3-6-15/h1-13,22,26H,14H2,(H2,24,25,31). The first-order valence-electron chi connectivity index (χ1n) is 9.41. The molecule has 9 nitrogen and oxygen atoms in total. The lowest BCUT2D eigenvalue weighted by Gasteiger charge is -2.12. The van der Waals surface area contributed by atoms with Gasteiger partial charge in [-0.25, -0.2) is 10.1 Å². The number of nitrogens with one attached hydrogen (secondary N) is 4. The number of nitro benzene ring substituents is 1. The van der Waals surface area contributed by atoms with Gasteiger partial charge in [0, 0.05) is 23.1 Å². The summed E-state index contributed by atoms with van der Waals surface area (Å²) in [7, 11) is 0. The van der Waals surface area contributed by atoms with Crippen molar-refractivity contribution in [2.75, 3.05) is 16.1 Å². The minimum atomic E-state index is -0.406. The van der Waals surface area contributed by atoms with E-state index in [4.69, 9.17) is 12.2 Å². The molecule has 0 spiro atoms. The van der Waals surface area contributed by atoms with Crippen LogP contribution in [0, 0.1) is 10.1 Å². The number of hydrogen-bond donors (Lipinski definition) is 4. The molecule has 0 amide bonds. The predicted molar refractivity (Wildman–Crippen MR) is 126 cm³/mol. The third-order valence-corrected chi connectivity index (χ3v) is 4.70. The molecule has 1 heterocycles. The number of hydrogen-bond acceptors (Lipinski definition) is 6. The van der Waals surface area contributed by atoms with E-state index >= 15 is 0 Å². The van der Waals surface area contributed by atoms with E-state index < -0.39 is 4.92 Å². The molecule has 0 aliphatic carbocycles. The van der Waals surface area contributed by atoms with Crippen molar-refractivity contribution in [2.24, 2.45) is 0 Å². The Hall–Kier alpha value is -4.02. The lowest BCUT2D eigenvalue weighted by molar-refractivity contribution is -0.383. The molecule has 4 N–H and O–H groups in total. The van der Waals surface area contributed by atoms with Gasteiger partial charge < -0.3 is 16.1 Å². The number of nitro groups is 1. The molecule has 0 unspecified atom stereocenters. The van der Waals surface area contributed by atoms with Crippen molar-refractivity contribution in [3.05, 3.63) is 89.1 Å². The number of thiocarbonyl (C=S) groups is 1. The molecule has 4 aromatic rings. The van der Waals surface area contributed by atoms with Gasteiger partial charge in [-0.1, -0.05) is 24.3 Å². The average Bonchev–Trinajstić information content (AvgIpc) is 3.18. The second-order valence-electron chi connectivity index (χ2n) is 6.59. The smallest absolute Gasteiger partial charge is 0.280 e. The fourth-order valence-electron chi connectivity index (χ4n) is 3.04. The van der Waals surface area contributed by atoms with Gasteiger partial charge >= 0.3 is 0 Å². The molecule has 0 saturated heterocycles. The molecule has 0 aliphatic rings. The van der Waals surface area contributed by atoms with Crippen molar-refractivity contribution < 1.29 is 4.92 Å². The summed E-state index contributed by atoms with van der Waals surface area (Å²) in [5, 5.41) is 22.6. The molecule has 3 aromatic carbocycles. The number of aromatic nitrogens is 2. The van der Waals surface area contributed by atoms with Crippen LogP contribution in [0.1, 0.15) is 0 Å². The highest BCUT2D eigenvalue weighted by Crippen LogP contribution is 2.24. The van der Waals surface area contributed by atoms with Crippen molar-refractivity contribution in [3.63, 3.8) is 0 Å². The van der Waals surface area contributed by atoms with Crippen molar-refractivity contribution in [1.82, 2.24) is 15.2 Å². The largest absolute Gasteiger partial charge is 0.332 e. The molecule has 0 bridgehead atoms. The number of non-ortho nitro benzene ring substituents is 1. The van der Waals surface area contributed by atoms with Crippen LogP contribution in [0.15, 0.2) is 79.0 Å². The van der Waals surface area contributed by atoms with Crippen LogP contribution in [0.5, 0.6) is 0 Å². The van der Waals surface area contributed by atoms with Gasteiger partial charge in [0.2, 0.25) is 0 Å². The van der Waals surface area contributed by atoms with Gasteiger partial charge in [0.25, 0.3) is 5.69 Å². The van der Waals surface area contributed by atoms with E-state index in [0.717, 1.165) is 17.1 Å². The van der Waals surface area contributed by atoms with Gasteiger partial charge in [-0.2, -0.15) is 5.10 Å². The zero-order valence-electron chi connectivity index (χ0n) is 16.3. The van der Waals surface area contributed by atoms with E-state index in [9.17, 15) is 10.1 Å². The van der Waals surface area contributed by atoms with Gasteiger partial charge in [0.05, 0.1) is 22.0 Å². The highest BCUT2D eigenvalue weighted by atomic mass is 32.1. The molecule has 4 rings (SSSR count). The molecular weight excluding hydrogens is 414 g/mol. The quantitative estimate of drug-likeness (QED) is 0.194. The molecular formula is C21H19N7O2S. The van der Waals surface area contributed by atoms with Crippen molar-refractivity contribution >= 4 is 51.0 Å². The van der Waals surface area contributed by atoms with Crippen LogP contribution in [0.3, 0.4) is 0 Å². The number of anilines is 3. The fourth-order valence-corrected chi connectivity index (χ4v) is 3.28. The Labute approximate surface area is 183 Å². The minimum absolute atomic E-state index is 0.0412. The van der Waals surface area contributed by atoms with Gasteiger partial charge in [0.1, 0.15) is 6.67 Å². The number of hydrazine groups is 1. The fraction of sp³-hybridized carbons (Fsp3) is 0.0476. The maximum atomic E-state index is 11.1. The number of benzene rings is 3. The summed E-state index contributed by atoms with van der Waals surface area (Å²) in [6.45, 7) is 0.329. The Balaban J connectivity index is 1.31. The van der Waals surface area contributed by atoms with E-state index in [1.165, 1.54) is 12.3 Å². The van der Waals surface area contributed by atoms with E-state index in [1.807, 2.05) is 54.6 Å². The molecule has 0 saturated carbocycles. The third kappa shape index (κ3) is 4.94. The molecule has 1 aromatic heterocycles. The predicted octanol–water partition coefficient (Wildman–Crippen LogP) is 4.33. The molecule has 0 atom stereocenters. The molecule has 10 heteroatoms. The summed E-state index contributed by atoms with van der Waals surface area (Å²) in [4.78, 5) is 10.7. The normalized spacial score (nSPS) is 10.6. The van der Waals surface area contributed by atoms with Crippen LogP contribution < -0.4 is 21.5 Å². The summed E-state index contributed by atoms with van der Waals surface area (Å²) >= 11 is 5.33. The summed E-state index contributed by atoms with van der Waals surface area (Å²) < 4.78 is 1.65. The van der Waals surface area contributed by atoms with Crippen LogP contribution >= 0.6 is 12.2 Å². The number of rotatable bonds is 7. The number of nitrogens with zero attached hydrogens (tertiary/aromatic N) is 3. The number of fused-ring (bicyclic) bond motifs is 1. The molecule has 0 radical (unpaired) electrons. The summed E-state index contributed by atoms with van der Waals surface area (Å²) in [5.74, 6) is 0. The minimum Gasteiger partial charge on any atom is -0.332 e. The Morgan fingerprint density at radius 2 is 1.61 bits per heavy atom. The zero-order valence-corrected chi connectivity index (χ0v) is 17.1. The lowest BCUT2D eigenvalue weighted by Crippen LogP contribution is -2.25. The summed E-state index contributed by atoms with van der Waals surface area (Å²) in [6.07, 6.45) is 1.50. The molecule has 0 aliphatic heterocycles. The average molecular weight is 433 g/mol. The van der Waals surface area contributed by atoms with Gasteiger partial charge in [-0.15, -0.1) is 0 Å².